The van der Waals surface area contributed by atoms with Gasteiger partial charge >= 0.3 is 0 Å². The van der Waals surface area contributed by atoms with Crippen LogP contribution in [0.5, 0.6) is 0 Å². The number of hydrogen-bond acceptors (Lipinski definition) is 3. The van der Waals surface area contributed by atoms with E-state index in [2.05, 4.69) is 40.6 Å². The first kappa shape index (κ1) is 19.1. The summed E-state index contributed by atoms with van der Waals surface area (Å²) in [6.07, 6.45) is 1.93. The van der Waals surface area contributed by atoms with E-state index in [4.69, 9.17) is 21.3 Å². The number of guanidine groups is 1. The molecule has 24 heavy (non-hydrogen) atoms. The predicted octanol–water partition coefficient (Wildman–Crippen LogP) is 1.80. The van der Waals surface area contributed by atoms with Crippen LogP contribution in [0.3, 0.4) is 0 Å². The van der Waals surface area contributed by atoms with E-state index in [0.717, 1.165) is 62.6 Å². The fourth-order valence-corrected chi connectivity index (χ4v) is 3.14. The molecule has 2 rings (SSSR count). The highest BCUT2D eigenvalue weighted by atomic mass is 35.5. The average molecular weight is 356 g/mol. The van der Waals surface area contributed by atoms with Crippen LogP contribution in [0, 0.1) is 0 Å². The summed E-state index contributed by atoms with van der Waals surface area (Å²) < 4.78 is 7.47. The number of halogens is 1. The minimum absolute atomic E-state index is 0.417. The second kappa shape index (κ2) is 9.30. The number of aliphatic imine (C=N–C) groups is 1. The minimum Gasteiger partial charge on any atom is -0.379 e. The molecule has 0 aromatic carbocycles. The molecule has 1 atom stereocenters. The Labute approximate surface area is 150 Å². The normalized spacial score (nSPS) is 17.8. The van der Waals surface area contributed by atoms with Crippen molar-refractivity contribution in [1.29, 1.82) is 0 Å². The lowest BCUT2D eigenvalue weighted by Crippen LogP contribution is -2.44. The maximum absolute atomic E-state index is 6.08. The molecule has 0 spiro atoms. The van der Waals surface area contributed by atoms with Gasteiger partial charge in [0.05, 0.1) is 31.3 Å². The molecule has 0 aliphatic carbocycles. The monoisotopic (exact) mass is 355 g/mol. The van der Waals surface area contributed by atoms with Crippen molar-refractivity contribution in [1.82, 2.24) is 19.7 Å². The second-order valence-corrected chi connectivity index (χ2v) is 6.75. The van der Waals surface area contributed by atoms with Crippen molar-refractivity contribution >= 4 is 17.6 Å². The summed E-state index contributed by atoms with van der Waals surface area (Å²) in [6.45, 7) is 10.3. The molecule has 0 radical (unpaired) electrons. The smallest absolute Gasteiger partial charge is 0.194 e. The molecule has 0 bridgehead atoms. The molecular formula is C17H30ClN5O. The first-order valence-electron chi connectivity index (χ1n) is 8.63. The van der Waals surface area contributed by atoms with E-state index in [1.165, 1.54) is 0 Å². The molecule has 0 amide bonds. The molecule has 1 unspecified atom stereocenters. The first-order chi connectivity index (χ1) is 11.5. The lowest BCUT2D eigenvalue weighted by Gasteiger charge is -2.32. The number of nitrogens with one attached hydrogen (secondary N) is 1. The van der Waals surface area contributed by atoms with Gasteiger partial charge in [0.2, 0.25) is 0 Å². The van der Waals surface area contributed by atoms with Crippen molar-refractivity contribution in [2.45, 2.75) is 26.4 Å². The summed E-state index contributed by atoms with van der Waals surface area (Å²) in [5.74, 6) is 0.926. The minimum atomic E-state index is 0.417. The van der Waals surface area contributed by atoms with E-state index in [0.29, 0.717) is 6.04 Å². The highest BCUT2D eigenvalue weighted by molar-refractivity contribution is 6.30. The quantitative estimate of drug-likeness (QED) is 0.624. The Morgan fingerprint density at radius 3 is 2.75 bits per heavy atom. The second-order valence-electron chi connectivity index (χ2n) is 6.31. The van der Waals surface area contributed by atoms with Crippen LogP contribution >= 0.6 is 11.6 Å². The van der Waals surface area contributed by atoms with Gasteiger partial charge in [-0.15, -0.1) is 0 Å². The number of rotatable bonds is 6. The average Bonchev–Trinajstić information content (AvgIpc) is 2.89. The molecule has 0 saturated carbocycles. The zero-order valence-electron chi connectivity index (χ0n) is 15.3. The largest absolute Gasteiger partial charge is 0.379 e. The number of aromatic nitrogens is 1. The summed E-state index contributed by atoms with van der Waals surface area (Å²) in [4.78, 5) is 9.41. The maximum atomic E-state index is 6.08. The molecule has 1 saturated heterocycles. The van der Waals surface area contributed by atoms with Crippen molar-refractivity contribution in [3.8, 4) is 0 Å². The summed E-state index contributed by atoms with van der Waals surface area (Å²) in [5, 5.41) is 4.15. The molecule has 1 aromatic heterocycles. The predicted molar refractivity (Wildman–Crippen MR) is 99.7 cm³/mol. The Bertz CT molecular complexity index is 539. The highest BCUT2D eigenvalue weighted by Crippen LogP contribution is 2.14. The molecule has 136 valence electrons. The summed E-state index contributed by atoms with van der Waals surface area (Å²) >= 11 is 6.08. The zero-order valence-corrected chi connectivity index (χ0v) is 16.0. The fraction of sp³-hybridized carbons (Fsp3) is 0.706. The van der Waals surface area contributed by atoms with E-state index in [-0.39, 0.29) is 0 Å². The summed E-state index contributed by atoms with van der Waals surface area (Å²) in [7, 11) is 4.07. The number of nitrogens with zero attached hydrogens (tertiary/aromatic N) is 4. The number of ether oxygens (including phenoxy) is 1. The van der Waals surface area contributed by atoms with Crippen molar-refractivity contribution in [2.75, 3.05) is 46.4 Å². The lowest BCUT2D eigenvalue weighted by molar-refractivity contribution is 0.0220. The van der Waals surface area contributed by atoms with Crippen molar-refractivity contribution in [3.63, 3.8) is 0 Å². The van der Waals surface area contributed by atoms with Crippen LogP contribution in [-0.2, 0) is 18.3 Å². The van der Waals surface area contributed by atoms with E-state index in [1.54, 1.807) is 0 Å². The lowest BCUT2D eigenvalue weighted by atomic mass is 10.2. The third-order valence-corrected chi connectivity index (χ3v) is 4.55. The first-order valence-corrected chi connectivity index (χ1v) is 9.01. The van der Waals surface area contributed by atoms with E-state index in [1.807, 2.05) is 19.3 Å². The highest BCUT2D eigenvalue weighted by Gasteiger charge is 2.17. The van der Waals surface area contributed by atoms with Gasteiger partial charge in [0.15, 0.2) is 5.96 Å². The third kappa shape index (κ3) is 5.40. The van der Waals surface area contributed by atoms with Crippen LogP contribution in [0.2, 0.25) is 5.02 Å². The SMILES string of the molecule is CCNC(=NCC(C)N1CCOCC1)N(C)Cc1cc(Cl)cn1C. The molecular weight excluding hydrogens is 326 g/mol. The van der Waals surface area contributed by atoms with Crippen molar-refractivity contribution in [2.24, 2.45) is 12.0 Å². The van der Waals surface area contributed by atoms with Gasteiger partial charge < -0.3 is 19.5 Å². The van der Waals surface area contributed by atoms with Gasteiger partial charge in [-0.3, -0.25) is 9.89 Å². The summed E-state index contributed by atoms with van der Waals surface area (Å²) in [5.41, 5.74) is 1.16. The Morgan fingerprint density at radius 2 is 2.17 bits per heavy atom. The fourth-order valence-electron chi connectivity index (χ4n) is 2.86. The Kier molecular flexibility index (Phi) is 7.40. The van der Waals surface area contributed by atoms with E-state index >= 15 is 0 Å². The number of aryl methyl sites for hydroxylation is 1. The molecule has 2 heterocycles. The molecule has 1 aliphatic rings. The Balaban J connectivity index is 1.97. The number of morpholine rings is 1. The third-order valence-electron chi connectivity index (χ3n) is 4.34. The van der Waals surface area contributed by atoms with Crippen LogP contribution in [0.15, 0.2) is 17.3 Å². The molecule has 1 N–H and O–H groups in total. The molecule has 1 fully saturated rings. The van der Waals surface area contributed by atoms with Gasteiger partial charge in [0, 0.05) is 51.7 Å². The van der Waals surface area contributed by atoms with Crippen LogP contribution in [0.4, 0.5) is 0 Å². The van der Waals surface area contributed by atoms with Crippen LogP contribution in [-0.4, -0.2) is 72.8 Å². The Hall–Kier alpha value is -1.24. The maximum Gasteiger partial charge on any atom is 0.194 e. The van der Waals surface area contributed by atoms with Gasteiger partial charge in [-0.1, -0.05) is 11.6 Å². The van der Waals surface area contributed by atoms with Crippen molar-refractivity contribution < 1.29 is 4.74 Å². The van der Waals surface area contributed by atoms with E-state index in [9.17, 15) is 0 Å². The van der Waals surface area contributed by atoms with Gasteiger partial charge in [0.25, 0.3) is 0 Å². The van der Waals surface area contributed by atoms with Crippen LogP contribution in [0.25, 0.3) is 0 Å². The summed E-state index contributed by atoms with van der Waals surface area (Å²) in [6, 6.07) is 2.42. The molecule has 1 aromatic rings. The Morgan fingerprint density at radius 1 is 1.46 bits per heavy atom. The molecule has 1 aliphatic heterocycles. The molecule has 7 heteroatoms. The standard InChI is InChI=1S/C17H30ClN5O/c1-5-19-17(20-11-14(2)23-6-8-24-9-7-23)22(4)13-16-10-15(18)12-21(16)3/h10,12,14H,5-9,11,13H2,1-4H3,(H,19,20). The zero-order chi connectivity index (χ0) is 17.5. The van der Waals surface area contributed by atoms with Gasteiger partial charge in [0.1, 0.15) is 0 Å². The van der Waals surface area contributed by atoms with Crippen LogP contribution in [0.1, 0.15) is 19.5 Å². The molecule has 6 nitrogen and oxygen atoms in total. The van der Waals surface area contributed by atoms with Crippen LogP contribution < -0.4 is 5.32 Å². The van der Waals surface area contributed by atoms with Gasteiger partial charge in [-0.2, -0.15) is 0 Å². The van der Waals surface area contributed by atoms with Crippen molar-refractivity contribution in [3.05, 3.63) is 23.0 Å². The van der Waals surface area contributed by atoms with Gasteiger partial charge in [-0.05, 0) is 19.9 Å². The topological polar surface area (TPSA) is 45.0 Å². The van der Waals surface area contributed by atoms with Gasteiger partial charge in [-0.25, -0.2) is 0 Å². The van der Waals surface area contributed by atoms with E-state index < -0.39 is 0 Å². The number of hydrogen-bond donors (Lipinski definition) is 1.